The van der Waals surface area contributed by atoms with Crippen molar-refractivity contribution in [1.82, 2.24) is 30.6 Å². The summed E-state index contributed by atoms with van der Waals surface area (Å²) >= 11 is 0. The van der Waals surface area contributed by atoms with E-state index in [0.29, 0.717) is 0 Å². The van der Waals surface area contributed by atoms with Gasteiger partial charge in [0, 0.05) is 31.9 Å². The average Bonchev–Trinajstić information content (AvgIpc) is 2.93. The van der Waals surface area contributed by atoms with E-state index in [2.05, 4.69) is 21.3 Å². The van der Waals surface area contributed by atoms with E-state index < -0.39 is 57.1 Å². The molecule has 12 nitrogen and oxygen atoms in total. The number of halogens is 2. The van der Waals surface area contributed by atoms with E-state index in [9.17, 15) is 32.3 Å². The molecule has 15 heteroatoms. The molecule has 40 heavy (non-hydrogen) atoms. The number of nitrogens with one attached hydrogen (secondary N) is 5. The summed E-state index contributed by atoms with van der Waals surface area (Å²) in [6.07, 6.45) is 1.62. The lowest BCUT2D eigenvalue weighted by Gasteiger charge is -2.26. The third kappa shape index (κ3) is 6.34. The molecular formula is C25H28F2N6O6S. The summed E-state index contributed by atoms with van der Waals surface area (Å²) in [6, 6.07) is 6.11. The lowest BCUT2D eigenvalue weighted by molar-refractivity contribution is -0.138. The monoisotopic (exact) mass is 578 g/mol. The van der Waals surface area contributed by atoms with Crippen LogP contribution in [-0.2, 0) is 28.4 Å². The summed E-state index contributed by atoms with van der Waals surface area (Å²) in [5.74, 6) is -4.57. The number of pyridine rings is 1. The normalized spacial score (nSPS) is 15.2. The van der Waals surface area contributed by atoms with Gasteiger partial charge < -0.3 is 15.0 Å². The molecule has 0 saturated carbocycles. The first-order valence-electron chi connectivity index (χ1n) is 12.3. The van der Waals surface area contributed by atoms with E-state index in [1.807, 2.05) is 4.72 Å². The number of nitrogens with zero attached hydrogens (tertiary/aromatic N) is 1. The van der Waals surface area contributed by atoms with Crippen LogP contribution in [0.4, 0.5) is 8.78 Å². The highest BCUT2D eigenvalue weighted by Gasteiger charge is 2.27. The highest BCUT2D eigenvalue weighted by atomic mass is 32.2. The van der Waals surface area contributed by atoms with Gasteiger partial charge >= 0.3 is 5.97 Å². The van der Waals surface area contributed by atoms with Crippen LogP contribution in [0.25, 0.3) is 10.9 Å². The second kappa shape index (κ2) is 12.2. The number of aliphatic carboxylic acids is 1. The molecule has 1 amide bonds. The molecule has 0 aliphatic carbocycles. The van der Waals surface area contributed by atoms with Gasteiger partial charge in [0.15, 0.2) is 5.82 Å². The van der Waals surface area contributed by atoms with Crippen LogP contribution in [0.5, 0.6) is 0 Å². The molecule has 2 aromatic carbocycles. The number of aromatic nitrogens is 1. The molecule has 0 radical (unpaired) electrons. The van der Waals surface area contributed by atoms with Crippen molar-refractivity contribution in [2.45, 2.75) is 30.2 Å². The Bertz CT molecular complexity index is 1590. The number of carboxylic acid groups (broad SMARTS) is 1. The van der Waals surface area contributed by atoms with Gasteiger partial charge in [0.05, 0.1) is 15.8 Å². The van der Waals surface area contributed by atoms with Crippen molar-refractivity contribution in [2.24, 2.45) is 7.05 Å². The van der Waals surface area contributed by atoms with Gasteiger partial charge in [0.2, 0.25) is 15.5 Å². The van der Waals surface area contributed by atoms with E-state index in [1.165, 1.54) is 31.3 Å². The summed E-state index contributed by atoms with van der Waals surface area (Å²) in [6.45, 7) is 0.583. The number of sulfonamides is 1. The van der Waals surface area contributed by atoms with Crippen LogP contribution in [0.1, 0.15) is 22.3 Å². The first kappa shape index (κ1) is 29.2. The fourth-order valence-electron chi connectivity index (χ4n) is 4.28. The molecule has 1 unspecified atom stereocenters. The number of carbonyl (C=O) groups excluding carboxylic acids is 1. The Labute approximate surface area is 227 Å². The second-order valence-corrected chi connectivity index (χ2v) is 10.9. The molecule has 4 rings (SSSR count). The van der Waals surface area contributed by atoms with Gasteiger partial charge in [-0.1, -0.05) is 18.2 Å². The van der Waals surface area contributed by atoms with Crippen LogP contribution in [0.15, 0.2) is 52.3 Å². The van der Waals surface area contributed by atoms with Gasteiger partial charge in [0.25, 0.3) is 5.91 Å². The number of aryl methyl sites for hydroxylation is 1. The Morgan fingerprint density at radius 1 is 1.18 bits per heavy atom. The topological polar surface area (TPSA) is 171 Å². The quantitative estimate of drug-likeness (QED) is 0.193. The van der Waals surface area contributed by atoms with Crippen molar-refractivity contribution in [3.8, 4) is 0 Å². The lowest BCUT2D eigenvalue weighted by Crippen LogP contribution is -2.56. The Kier molecular flexibility index (Phi) is 8.90. The number of fused-ring (bicyclic) bond motifs is 1. The average molecular weight is 579 g/mol. The highest BCUT2D eigenvalue weighted by Crippen LogP contribution is 2.22. The summed E-state index contributed by atoms with van der Waals surface area (Å²) in [7, 11) is -2.86. The standard InChI is InChI=1S/C25H28F2N6O6S/c1-33-13-17(23(35)30-12-19(24(36)37)32-40(38,39)14-6-3-2-4-7-14)22(34)15-10-18(26)16(20(27)21(15)33)11-31-25-28-8-5-9-29-25/h2-4,6-7,10,13,19,25,28-29,31-32H,5,8-9,11-12H2,1H3,(H,30,35)(H,36,37). The first-order chi connectivity index (χ1) is 19.0. The summed E-state index contributed by atoms with van der Waals surface area (Å²) < 4.78 is 58.5. The highest BCUT2D eigenvalue weighted by molar-refractivity contribution is 7.89. The largest absolute Gasteiger partial charge is 0.480 e. The van der Waals surface area contributed by atoms with Crippen molar-refractivity contribution in [2.75, 3.05) is 19.6 Å². The van der Waals surface area contributed by atoms with Gasteiger partial charge in [-0.15, -0.1) is 0 Å². The Morgan fingerprint density at radius 3 is 2.50 bits per heavy atom. The van der Waals surface area contributed by atoms with Crippen molar-refractivity contribution in [1.29, 1.82) is 0 Å². The maximum absolute atomic E-state index is 15.4. The van der Waals surface area contributed by atoms with E-state index in [4.69, 9.17) is 0 Å². The third-order valence-corrected chi connectivity index (χ3v) is 7.83. The van der Waals surface area contributed by atoms with Gasteiger partial charge in [-0.25, -0.2) is 17.2 Å². The third-order valence-electron chi connectivity index (χ3n) is 6.35. The zero-order chi connectivity index (χ0) is 29.0. The molecule has 1 aliphatic rings. The van der Waals surface area contributed by atoms with E-state index >= 15 is 4.39 Å². The Morgan fingerprint density at radius 2 is 1.85 bits per heavy atom. The molecule has 1 atom stereocenters. The molecule has 0 bridgehead atoms. The van der Waals surface area contributed by atoms with Crippen LogP contribution >= 0.6 is 0 Å². The van der Waals surface area contributed by atoms with Crippen LogP contribution < -0.4 is 31.4 Å². The molecule has 2 heterocycles. The molecule has 1 aromatic heterocycles. The number of hydrogen-bond donors (Lipinski definition) is 6. The molecule has 6 N–H and O–H groups in total. The maximum atomic E-state index is 15.4. The number of benzene rings is 2. The SMILES string of the molecule is Cn1cc(C(=O)NCC(NS(=O)(=O)c2ccccc2)C(=O)O)c(=O)c2cc(F)c(CNC3NCCCN3)c(F)c21. The zero-order valence-electron chi connectivity index (χ0n) is 21.3. The minimum Gasteiger partial charge on any atom is -0.480 e. The number of rotatable bonds is 10. The zero-order valence-corrected chi connectivity index (χ0v) is 22.1. The summed E-state index contributed by atoms with van der Waals surface area (Å²) in [4.78, 5) is 37.4. The van der Waals surface area contributed by atoms with Crippen LogP contribution in [0.2, 0.25) is 0 Å². The molecule has 0 spiro atoms. The van der Waals surface area contributed by atoms with E-state index in [0.717, 1.165) is 36.3 Å². The Balaban J connectivity index is 1.54. The fraction of sp³-hybridized carbons (Fsp3) is 0.320. The molecular weight excluding hydrogens is 550 g/mol. The first-order valence-corrected chi connectivity index (χ1v) is 13.8. The van der Waals surface area contributed by atoms with Gasteiger partial charge in [-0.2, -0.15) is 4.72 Å². The summed E-state index contributed by atoms with van der Waals surface area (Å²) in [5.41, 5.74) is -1.99. The van der Waals surface area contributed by atoms with Crippen LogP contribution in [0.3, 0.4) is 0 Å². The van der Waals surface area contributed by atoms with Crippen molar-refractivity contribution < 1.29 is 31.9 Å². The van der Waals surface area contributed by atoms with E-state index in [-0.39, 0.29) is 34.2 Å². The Hall–Kier alpha value is -3.76. The van der Waals surface area contributed by atoms with Gasteiger partial charge in [-0.05, 0) is 37.7 Å². The predicted molar refractivity (Wildman–Crippen MR) is 141 cm³/mol. The second-order valence-electron chi connectivity index (χ2n) is 9.14. The van der Waals surface area contributed by atoms with Crippen LogP contribution in [0, 0.1) is 11.6 Å². The van der Waals surface area contributed by atoms with Crippen molar-refractivity contribution >= 4 is 32.8 Å². The smallest absolute Gasteiger partial charge is 0.323 e. The predicted octanol–water partition coefficient (Wildman–Crippen LogP) is -0.0657. The van der Waals surface area contributed by atoms with Crippen LogP contribution in [-0.4, -0.2) is 61.9 Å². The fourth-order valence-corrected chi connectivity index (χ4v) is 5.49. The van der Waals surface area contributed by atoms with E-state index in [1.54, 1.807) is 6.07 Å². The minimum absolute atomic E-state index is 0.176. The number of amides is 1. The van der Waals surface area contributed by atoms with Crippen molar-refractivity contribution in [3.63, 3.8) is 0 Å². The number of carboxylic acids is 1. The maximum Gasteiger partial charge on any atom is 0.323 e. The van der Waals surface area contributed by atoms with Gasteiger partial charge in [-0.3, -0.25) is 30.3 Å². The molecule has 214 valence electrons. The number of hydrogen-bond acceptors (Lipinski definition) is 8. The van der Waals surface area contributed by atoms with Gasteiger partial charge in [0.1, 0.15) is 23.7 Å². The minimum atomic E-state index is -4.23. The molecule has 1 fully saturated rings. The lowest BCUT2D eigenvalue weighted by atomic mass is 10.1. The molecule has 3 aromatic rings. The number of carbonyl (C=O) groups is 2. The van der Waals surface area contributed by atoms with Crippen molar-refractivity contribution in [3.05, 3.63) is 75.6 Å². The molecule has 1 saturated heterocycles. The molecule has 1 aliphatic heterocycles. The summed E-state index contributed by atoms with van der Waals surface area (Å²) in [5, 5.41) is 20.5.